The maximum atomic E-state index is 11.9. The third kappa shape index (κ3) is 4.31. The average molecular weight is 279 g/mol. The molecule has 0 fully saturated rings. The average Bonchev–Trinajstić information content (AvgIpc) is 2.37. The molecule has 0 radical (unpaired) electrons. The van der Waals surface area contributed by atoms with Crippen LogP contribution in [0.15, 0.2) is 18.2 Å². The number of nitrogens with one attached hydrogen (secondary N) is 1. The molecule has 0 aromatic heterocycles. The SMILES string of the molecule is CCc1ccc(NC(=O)[C@H](N)CC(C)C)cc1[N+](=O)[O-]. The molecule has 0 aliphatic carbocycles. The van der Waals surface area contributed by atoms with E-state index in [1.807, 2.05) is 20.8 Å². The number of rotatable bonds is 6. The minimum absolute atomic E-state index is 0.0164. The van der Waals surface area contributed by atoms with E-state index in [9.17, 15) is 14.9 Å². The van der Waals surface area contributed by atoms with Crippen molar-refractivity contribution >= 4 is 17.3 Å². The molecule has 0 saturated heterocycles. The fourth-order valence-corrected chi connectivity index (χ4v) is 1.96. The summed E-state index contributed by atoms with van der Waals surface area (Å²) in [4.78, 5) is 22.4. The molecule has 1 rings (SSSR count). The predicted molar refractivity (Wildman–Crippen MR) is 78.5 cm³/mol. The number of nitrogens with two attached hydrogens (primary N) is 1. The highest BCUT2D eigenvalue weighted by Gasteiger charge is 2.17. The highest BCUT2D eigenvalue weighted by molar-refractivity contribution is 5.95. The van der Waals surface area contributed by atoms with Crippen molar-refractivity contribution in [3.63, 3.8) is 0 Å². The number of nitro groups is 1. The lowest BCUT2D eigenvalue weighted by atomic mass is 10.0. The molecule has 1 atom stereocenters. The van der Waals surface area contributed by atoms with E-state index >= 15 is 0 Å². The van der Waals surface area contributed by atoms with Crippen molar-refractivity contribution in [1.29, 1.82) is 0 Å². The second-order valence-corrected chi connectivity index (χ2v) is 5.18. The number of anilines is 1. The molecule has 0 saturated carbocycles. The summed E-state index contributed by atoms with van der Waals surface area (Å²) < 4.78 is 0. The quantitative estimate of drug-likeness (QED) is 0.617. The molecule has 0 aliphatic rings. The number of benzene rings is 1. The molecule has 110 valence electrons. The van der Waals surface area contributed by atoms with Gasteiger partial charge in [-0.05, 0) is 24.8 Å². The van der Waals surface area contributed by atoms with Crippen LogP contribution in [0.2, 0.25) is 0 Å². The van der Waals surface area contributed by atoms with Gasteiger partial charge in [-0.25, -0.2) is 0 Å². The molecule has 0 aliphatic heterocycles. The zero-order valence-electron chi connectivity index (χ0n) is 12.1. The van der Waals surface area contributed by atoms with Gasteiger partial charge in [0, 0.05) is 17.3 Å². The number of nitro benzene ring substituents is 1. The number of amides is 1. The van der Waals surface area contributed by atoms with Crippen LogP contribution in [-0.4, -0.2) is 16.9 Å². The van der Waals surface area contributed by atoms with Gasteiger partial charge in [0.05, 0.1) is 11.0 Å². The van der Waals surface area contributed by atoms with Crippen LogP contribution in [0.25, 0.3) is 0 Å². The van der Waals surface area contributed by atoms with Gasteiger partial charge in [0.15, 0.2) is 0 Å². The van der Waals surface area contributed by atoms with Crippen LogP contribution in [0.4, 0.5) is 11.4 Å². The standard InChI is InChI=1S/C14H21N3O3/c1-4-10-5-6-11(8-13(10)17(19)20)16-14(18)12(15)7-9(2)3/h5-6,8-9,12H,4,7,15H2,1-3H3,(H,16,18)/t12-/m1/s1. The van der Waals surface area contributed by atoms with Crippen molar-refractivity contribution in [3.8, 4) is 0 Å². The van der Waals surface area contributed by atoms with E-state index in [4.69, 9.17) is 5.73 Å². The highest BCUT2D eigenvalue weighted by atomic mass is 16.6. The van der Waals surface area contributed by atoms with Gasteiger partial charge >= 0.3 is 0 Å². The third-order valence-corrected chi connectivity index (χ3v) is 2.99. The van der Waals surface area contributed by atoms with E-state index < -0.39 is 11.0 Å². The summed E-state index contributed by atoms with van der Waals surface area (Å²) in [5.74, 6) is -0.00944. The number of hydrogen-bond donors (Lipinski definition) is 2. The summed E-state index contributed by atoms with van der Waals surface area (Å²) in [6, 6.07) is 4.08. The van der Waals surface area contributed by atoms with E-state index in [2.05, 4.69) is 5.32 Å². The second kappa shape index (κ2) is 7.00. The van der Waals surface area contributed by atoms with Gasteiger partial charge in [0.2, 0.25) is 5.91 Å². The summed E-state index contributed by atoms with van der Waals surface area (Å²) in [6.07, 6.45) is 1.14. The van der Waals surface area contributed by atoms with Crippen molar-refractivity contribution < 1.29 is 9.72 Å². The smallest absolute Gasteiger partial charge is 0.274 e. The summed E-state index contributed by atoms with van der Waals surface area (Å²) in [5.41, 5.74) is 6.83. The van der Waals surface area contributed by atoms with E-state index in [0.29, 0.717) is 30.0 Å². The molecule has 6 heteroatoms. The number of hydrogen-bond acceptors (Lipinski definition) is 4. The van der Waals surface area contributed by atoms with Gasteiger partial charge in [-0.15, -0.1) is 0 Å². The maximum Gasteiger partial charge on any atom is 0.274 e. The topological polar surface area (TPSA) is 98.3 Å². The van der Waals surface area contributed by atoms with Crippen LogP contribution in [-0.2, 0) is 11.2 Å². The Bertz CT molecular complexity index is 500. The molecule has 6 nitrogen and oxygen atoms in total. The van der Waals surface area contributed by atoms with Crippen molar-refractivity contribution in [2.24, 2.45) is 11.7 Å². The minimum atomic E-state index is -0.611. The molecule has 0 bridgehead atoms. The lowest BCUT2D eigenvalue weighted by molar-refractivity contribution is -0.385. The van der Waals surface area contributed by atoms with E-state index in [1.54, 1.807) is 12.1 Å². The molecule has 1 aromatic rings. The first-order chi connectivity index (χ1) is 9.35. The molecular formula is C14H21N3O3. The van der Waals surface area contributed by atoms with Crippen LogP contribution in [0, 0.1) is 16.0 Å². The predicted octanol–water partition coefficient (Wildman–Crippen LogP) is 2.47. The summed E-state index contributed by atoms with van der Waals surface area (Å²) in [5, 5.41) is 13.6. The number of aryl methyl sites for hydroxylation is 1. The normalized spacial score (nSPS) is 12.2. The molecule has 0 unspecified atom stereocenters. The van der Waals surface area contributed by atoms with Gasteiger partial charge < -0.3 is 11.1 Å². The van der Waals surface area contributed by atoms with E-state index in [1.165, 1.54) is 6.07 Å². The summed E-state index contributed by atoms with van der Waals surface area (Å²) in [7, 11) is 0. The molecule has 1 aromatic carbocycles. The monoisotopic (exact) mass is 279 g/mol. The van der Waals surface area contributed by atoms with Gasteiger partial charge in [-0.1, -0.05) is 26.8 Å². The summed E-state index contributed by atoms with van der Waals surface area (Å²) in [6.45, 7) is 5.81. The van der Waals surface area contributed by atoms with Crippen LogP contribution >= 0.6 is 0 Å². The molecule has 0 spiro atoms. The van der Waals surface area contributed by atoms with Crippen LogP contribution in [0.3, 0.4) is 0 Å². The number of carbonyl (C=O) groups is 1. The van der Waals surface area contributed by atoms with Crippen LogP contribution in [0.1, 0.15) is 32.8 Å². The van der Waals surface area contributed by atoms with Gasteiger partial charge in [0.25, 0.3) is 5.69 Å². The van der Waals surface area contributed by atoms with E-state index in [0.717, 1.165) is 0 Å². The fraction of sp³-hybridized carbons (Fsp3) is 0.500. The Balaban J connectivity index is 2.85. The maximum absolute atomic E-state index is 11.9. The minimum Gasteiger partial charge on any atom is -0.324 e. The van der Waals surface area contributed by atoms with Crippen LogP contribution < -0.4 is 11.1 Å². The lowest BCUT2D eigenvalue weighted by Crippen LogP contribution is -2.36. The van der Waals surface area contributed by atoms with Crippen LogP contribution in [0.5, 0.6) is 0 Å². The zero-order valence-corrected chi connectivity index (χ0v) is 12.1. The molecule has 3 N–H and O–H groups in total. The molecule has 1 amide bonds. The molecular weight excluding hydrogens is 258 g/mol. The van der Waals surface area contributed by atoms with Crippen molar-refractivity contribution in [2.45, 2.75) is 39.7 Å². The third-order valence-electron chi connectivity index (χ3n) is 2.99. The Kier molecular flexibility index (Phi) is 5.64. The van der Waals surface area contributed by atoms with Crippen molar-refractivity contribution in [1.82, 2.24) is 0 Å². The number of carbonyl (C=O) groups excluding carboxylic acids is 1. The van der Waals surface area contributed by atoms with Gasteiger partial charge in [0.1, 0.15) is 0 Å². The molecule has 20 heavy (non-hydrogen) atoms. The first-order valence-electron chi connectivity index (χ1n) is 6.68. The van der Waals surface area contributed by atoms with Crippen molar-refractivity contribution in [3.05, 3.63) is 33.9 Å². The highest BCUT2D eigenvalue weighted by Crippen LogP contribution is 2.23. The van der Waals surface area contributed by atoms with Crippen molar-refractivity contribution in [2.75, 3.05) is 5.32 Å². The lowest BCUT2D eigenvalue weighted by Gasteiger charge is -2.14. The fourth-order valence-electron chi connectivity index (χ4n) is 1.96. The summed E-state index contributed by atoms with van der Waals surface area (Å²) >= 11 is 0. The largest absolute Gasteiger partial charge is 0.324 e. The number of nitrogens with zero attached hydrogens (tertiary/aromatic N) is 1. The first kappa shape index (κ1) is 16.1. The van der Waals surface area contributed by atoms with Gasteiger partial charge in [-0.2, -0.15) is 0 Å². The Morgan fingerprint density at radius 2 is 2.10 bits per heavy atom. The Morgan fingerprint density at radius 1 is 1.45 bits per heavy atom. The Labute approximate surface area is 118 Å². The van der Waals surface area contributed by atoms with Gasteiger partial charge in [-0.3, -0.25) is 14.9 Å². The Morgan fingerprint density at radius 3 is 2.60 bits per heavy atom. The zero-order chi connectivity index (χ0) is 15.3. The Hall–Kier alpha value is -1.95. The first-order valence-corrected chi connectivity index (χ1v) is 6.68. The van der Waals surface area contributed by atoms with E-state index in [-0.39, 0.29) is 11.6 Å². The molecule has 0 heterocycles. The second-order valence-electron chi connectivity index (χ2n) is 5.18.